The van der Waals surface area contributed by atoms with E-state index in [-0.39, 0.29) is 18.4 Å². The number of benzene rings is 2. The lowest BCUT2D eigenvalue weighted by Gasteiger charge is -2.08. The molecule has 2 aromatic carbocycles. The molecule has 0 aliphatic carbocycles. The van der Waals surface area contributed by atoms with E-state index in [9.17, 15) is 9.18 Å². The summed E-state index contributed by atoms with van der Waals surface area (Å²) >= 11 is 5.80. The molecule has 7 heteroatoms. The van der Waals surface area contributed by atoms with Gasteiger partial charge in [0.15, 0.2) is 0 Å². The summed E-state index contributed by atoms with van der Waals surface area (Å²) in [5.41, 5.74) is 2.71. The molecule has 0 unspecified atom stereocenters. The normalized spacial score (nSPS) is 10.3. The van der Waals surface area contributed by atoms with Crippen molar-refractivity contribution >= 4 is 23.3 Å². The number of carbonyl (C=O) groups excluding carboxylic acids is 1. The quantitative estimate of drug-likeness (QED) is 0.734. The van der Waals surface area contributed by atoms with Gasteiger partial charge in [-0.15, -0.1) is 0 Å². The molecular weight excluding hydrogens is 343 g/mol. The summed E-state index contributed by atoms with van der Waals surface area (Å²) < 4.78 is 13.0. The second kappa shape index (κ2) is 7.72. The van der Waals surface area contributed by atoms with E-state index in [4.69, 9.17) is 11.6 Å². The van der Waals surface area contributed by atoms with E-state index in [2.05, 4.69) is 20.6 Å². The van der Waals surface area contributed by atoms with Crippen molar-refractivity contribution in [3.8, 4) is 11.3 Å². The molecule has 0 atom stereocenters. The van der Waals surface area contributed by atoms with Crippen molar-refractivity contribution in [1.82, 2.24) is 15.3 Å². The Hall–Kier alpha value is -2.99. The van der Waals surface area contributed by atoms with Gasteiger partial charge in [-0.25, -0.2) is 19.2 Å². The largest absolute Gasteiger partial charge is 0.332 e. The first-order valence-corrected chi connectivity index (χ1v) is 7.85. The van der Waals surface area contributed by atoms with Crippen LogP contribution >= 0.6 is 11.6 Å². The summed E-state index contributed by atoms with van der Waals surface area (Å²) in [5, 5.41) is 6.01. The Bertz CT molecular complexity index is 869. The Kier molecular flexibility index (Phi) is 5.20. The van der Waals surface area contributed by atoms with Gasteiger partial charge in [-0.3, -0.25) is 0 Å². The highest BCUT2D eigenvalue weighted by Crippen LogP contribution is 2.17. The zero-order valence-corrected chi connectivity index (χ0v) is 13.8. The maximum absolute atomic E-state index is 13.0. The van der Waals surface area contributed by atoms with E-state index in [0.717, 1.165) is 5.56 Å². The van der Waals surface area contributed by atoms with Crippen molar-refractivity contribution in [1.29, 1.82) is 0 Å². The van der Waals surface area contributed by atoms with Gasteiger partial charge in [0.05, 0.1) is 17.9 Å². The first kappa shape index (κ1) is 16.9. The van der Waals surface area contributed by atoms with Crippen LogP contribution in [0.5, 0.6) is 0 Å². The predicted molar refractivity (Wildman–Crippen MR) is 94.7 cm³/mol. The van der Waals surface area contributed by atoms with Crippen LogP contribution in [0.1, 0.15) is 5.69 Å². The van der Waals surface area contributed by atoms with Crippen LogP contribution in [0.4, 0.5) is 14.9 Å². The molecule has 2 N–H and O–H groups in total. The van der Waals surface area contributed by atoms with Crippen LogP contribution in [-0.2, 0) is 6.54 Å². The average molecular weight is 357 g/mol. The van der Waals surface area contributed by atoms with E-state index in [1.54, 1.807) is 42.5 Å². The minimum Gasteiger partial charge on any atom is -0.332 e. The number of anilines is 1. The maximum Gasteiger partial charge on any atom is 0.319 e. The van der Waals surface area contributed by atoms with E-state index in [1.165, 1.54) is 18.5 Å². The zero-order chi connectivity index (χ0) is 17.6. The highest BCUT2D eigenvalue weighted by Gasteiger charge is 2.05. The molecule has 1 aromatic heterocycles. The molecule has 1 heterocycles. The number of hydrogen-bond donors (Lipinski definition) is 2. The predicted octanol–water partition coefficient (Wildman–Crippen LogP) is 4.26. The van der Waals surface area contributed by atoms with Gasteiger partial charge in [0.1, 0.15) is 12.1 Å². The fourth-order valence-electron chi connectivity index (χ4n) is 2.15. The highest BCUT2D eigenvalue weighted by atomic mass is 35.5. The first-order valence-electron chi connectivity index (χ1n) is 7.47. The highest BCUT2D eigenvalue weighted by molar-refractivity contribution is 6.30. The molecule has 0 saturated carbocycles. The molecule has 126 valence electrons. The van der Waals surface area contributed by atoms with E-state index in [1.807, 2.05) is 0 Å². The number of carbonyl (C=O) groups is 1. The number of nitrogens with zero attached hydrogens (tertiary/aromatic N) is 2. The molecular formula is C18H14ClFN4O. The average Bonchev–Trinajstić information content (AvgIpc) is 2.63. The van der Waals surface area contributed by atoms with Gasteiger partial charge in [-0.05, 0) is 54.6 Å². The third-order valence-corrected chi connectivity index (χ3v) is 3.65. The van der Waals surface area contributed by atoms with Gasteiger partial charge >= 0.3 is 6.03 Å². The Morgan fingerprint density at radius 3 is 2.48 bits per heavy atom. The second-order valence-electron chi connectivity index (χ2n) is 5.22. The van der Waals surface area contributed by atoms with Crippen LogP contribution in [0, 0.1) is 5.82 Å². The molecule has 0 aliphatic rings. The SMILES string of the molecule is O=C(NCc1cc(-c2ccc(F)cc2)ncn1)Nc1ccc(Cl)cc1. The fraction of sp³-hybridized carbons (Fsp3) is 0.0556. The van der Waals surface area contributed by atoms with Crippen molar-refractivity contribution in [3.63, 3.8) is 0 Å². The topological polar surface area (TPSA) is 66.9 Å². The van der Waals surface area contributed by atoms with Gasteiger partial charge < -0.3 is 10.6 Å². The van der Waals surface area contributed by atoms with Gasteiger partial charge in [-0.2, -0.15) is 0 Å². The Balaban J connectivity index is 1.61. The van der Waals surface area contributed by atoms with Crippen LogP contribution in [0.3, 0.4) is 0 Å². The molecule has 0 bridgehead atoms. The standard InChI is InChI=1S/C18H14ClFN4O/c19-13-3-7-15(8-4-13)24-18(25)21-10-16-9-17(23-11-22-16)12-1-5-14(20)6-2-12/h1-9,11H,10H2,(H2,21,24,25). The third kappa shape index (κ3) is 4.74. The zero-order valence-electron chi connectivity index (χ0n) is 13.0. The molecule has 0 spiro atoms. The summed E-state index contributed by atoms with van der Waals surface area (Å²) in [5.74, 6) is -0.307. The lowest BCUT2D eigenvalue weighted by atomic mass is 10.1. The monoisotopic (exact) mass is 356 g/mol. The minimum absolute atomic E-state index is 0.232. The van der Waals surface area contributed by atoms with Crippen LogP contribution in [-0.4, -0.2) is 16.0 Å². The van der Waals surface area contributed by atoms with Crippen molar-refractivity contribution in [2.45, 2.75) is 6.54 Å². The molecule has 3 aromatic rings. The van der Waals surface area contributed by atoms with Crippen molar-refractivity contribution in [3.05, 3.63) is 77.5 Å². The summed E-state index contributed by atoms with van der Waals surface area (Å²) in [6.45, 7) is 0.232. The number of rotatable bonds is 4. The third-order valence-electron chi connectivity index (χ3n) is 3.40. The van der Waals surface area contributed by atoms with E-state index >= 15 is 0 Å². The summed E-state index contributed by atoms with van der Waals surface area (Å²) in [7, 11) is 0. The molecule has 5 nitrogen and oxygen atoms in total. The number of urea groups is 1. The number of nitrogens with one attached hydrogen (secondary N) is 2. The fourth-order valence-corrected chi connectivity index (χ4v) is 2.28. The Morgan fingerprint density at radius 2 is 1.76 bits per heavy atom. The number of aromatic nitrogens is 2. The number of amides is 2. The molecule has 2 amide bonds. The summed E-state index contributed by atoms with van der Waals surface area (Å²) in [4.78, 5) is 20.2. The smallest absolute Gasteiger partial charge is 0.319 e. The minimum atomic E-state index is -0.357. The van der Waals surface area contributed by atoms with Crippen LogP contribution in [0.2, 0.25) is 5.02 Å². The molecule has 0 fully saturated rings. The molecule has 25 heavy (non-hydrogen) atoms. The van der Waals surface area contributed by atoms with Crippen molar-refractivity contribution in [2.75, 3.05) is 5.32 Å². The van der Waals surface area contributed by atoms with Crippen LogP contribution < -0.4 is 10.6 Å². The van der Waals surface area contributed by atoms with Gasteiger partial charge in [0.25, 0.3) is 0 Å². The van der Waals surface area contributed by atoms with Crippen LogP contribution in [0.15, 0.2) is 60.9 Å². The Labute approximate surface area is 148 Å². The second-order valence-corrected chi connectivity index (χ2v) is 5.65. The Morgan fingerprint density at radius 1 is 1.04 bits per heavy atom. The molecule has 0 radical (unpaired) electrons. The number of hydrogen-bond acceptors (Lipinski definition) is 3. The lowest BCUT2D eigenvalue weighted by Crippen LogP contribution is -2.28. The van der Waals surface area contributed by atoms with Gasteiger partial charge in [0.2, 0.25) is 0 Å². The molecule has 0 aliphatic heterocycles. The van der Waals surface area contributed by atoms with E-state index in [0.29, 0.717) is 22.1 Å². The van der Waals surface area contributed by atoms with Crippen LogP contribution in [0.25, 0.3) is 11.3 Å². The lowest BCUT2D eigenvalue weighted by molar-refractivity contribution is 0.251. The van der Waals surface area contributed by atoms with Gasteiger partial charge in [-0.1, -0.05) is 11.6 Å². The molecule has 3 rings (SSSR count). The van der Waals surface area contributed by atoms with Gasteiger partial charge in [0, 0.05) is 16.3 Å². The first-order chi connectivity index (χ1) is 12.1. The summed E-state index contributed by atoms with van der Waals surface area (Å²) in [6.07, 6.45) is 1.41. The van der Waals surface area contributed by atoms with Crippen molar-refractivity contribution in [2.24, 2.45) is 0 Å². The number of halogens is 2. The van der Waals surface area contributed by atoms with E-state index < -0.39 is 0 Å². The summed E-state index contributed by atoms with van der Waals surface area (Å²) in [6, 6.07) is 14.2. The molecule has 0 saturated heterocycles. The van der Waals surface area contributed by atoms with Crippen molar-refractivity contribution < 1.29 is 9.18 Å². The maximum atomic E-state index is 13.0.